The van der Waals surface area contributed by atoms with Gasteiger partial charge in [0.2, 0.25) is 5.91 Å². The Kier molecular flexibility index (Phi) is 4.73. The van der Waals surface area contributed by atoms with E-state index in [9.17, 15) is 14.7 Å². The molecule has 0 saturated heterocycles. The highest BCUT2D eigenvalue weighted by Gasteiger charge is 2.31. The molecule has 0 aliphatic rings. The van der Waals surface area contributed by atoms with Gasteiger partial charge in [-0.1, -0.05) is 23.7 Å². The molecular weight excluding hydrogens is 254 g/mol. The molecule has 1 N–H and O–H groups in total. The van der Waals surface area contributed by atoms with Crippen molar-refractivity contribution in [3.8, 4) is 0 Å². The second-order valence-corrected chi connectivity index (χ2v) is 4.75. The Morgan fingerprint density at radius 2 is 1.72 bits per heavy atom. The van der Waals surface area contributed by atoms with Gasteiger partial charge in [-0.05, 0) is 31.5 Å². The van der Waals surface area contributed by atoms with Crippen molar-refractivity contribution in [1.82, 2.24) is 4.90 Å². The van der Waals surface area contributed by atoms with Gasteiger partial charge in [-0.15, -0.1) is 0 Å². The maximum atomic E-state index is 11.6. The van der Waals surface area contributed by atoms with E-state index in [1.807, 2.05) is 0 Å². The lowest BCUT2D eigenvalue weighted by Gasteiger charge is -2.31. The molecule has 0 aliphatic carbocycles. The predicted octanol–water partition coefficient (Wildman–Crippen LogP) is 2.72. The maximum Gasteiger partial charge on any atom is 0.331 e. The van der Waals surface area contributed by atoms with Crippen LogP contribution in [0.15, 0.2) is 24.3 Å². The SMILES string of the molecule is CC(=O)N(C(C)C)C(C(=O)O)c1ccc(Cl)cc1. The van der Waals surface area contributed by atoms with Gasteiger partial charge in [-0.25, -0.2) is 4.79 Å². The molecule has 0 aliphatic heterocycles. The molecule has 1 aromatic carbocycles. The zero-order valence-electron chi connectivity index (χ0n) is 10.6. The molecule has 1 amide bonds. The normalized spacial score (nSPS) is 12.3. The summed E-state index contributed by atoms with van der Waals surface area (Å²) in [6.07, 6.45) is 0. The van der Waals surface area contributed by atoms with Crippen LogP contribution in [0.3, 0.4) is 0 Å². The lowest BCUT2D eigenvalue weighted by atomic mass is 10.0. The number of amides is 1. The smallest absolute Gasteiger partial charge is 0.331 e. The zero-order chi connectivity index (χ0) is 13.9. The predicted molar refractivity (Wildman–Crippen MR) is 69.5 cm³/mol. The molecule has 4 nitrogen and oxygen atoms in total. The summed E-state index contributed by atoms with van der Waals surface area (Å²) in [5, 5.41) is 9.87. The number of carboxylic acid groups (broad SMARTS) is 1. The summed E-state index contributed by atoms with van der Waals surface area (Å²) in [7, 11) is 0. The molecule has 0 fully saturated rings. The van der Waals surface area contributed by atoms with Crippen LogP contribution in [0.2, 0.25) is 5.02 Å². The molecule has 5 heteroatoms. The molecular formula is C13H16ClNO3. The van der Waals surface area contributed by atoms with E-state index < -0.39 is 12.0 Å². The highest BCUT2D eigenvalue weighted by Crippen LogP contribution is 2.25. The number of hydrogen-bond acceptors (Lipinski definition) is 2. The Balaban J connectivity index is 3.20. The number of rotatable bonds is 4. The number of carbonyl (C=O) groups is 2. The van der Waals surface area contributed by atoms with Crippen molar-refractivity contribution in [1.29, 1.82) is 0 Å². The van der Waals surface area contributed by atoms with Crippen LogP contribution >= 0.6 is 11.6 Å². The number of halogens is 1. The van der Waals surface area contributed by atoms with E-state index in [0.717, 1.165) is 0 Å². The van der Waals surface area contributed by atoms with Crippen LogP contribution in [-0.4, -0.2) is 27.9 Å². The second-order valence-electron chi connectivity index (χ2n) is 4.31. The number of nitrogens with zero attached hydrogens (tertiary/aromatic N) is 1. The van der Waals surface area contributed by atoms with E-state index in [-0.39, 0.29) is 11.9 Å². The molecule has 0 spiro atoms. The molecule has 1 unspecified atom stereocenters. The lowest BCUT2D eigenvalue weighted by Crippen LogP contribution is -2.42. The molecule has 1 rings (SSSR count). The molecule has 0 heterocycles. The second kappa shape index (κ2) is 5.87. The van der Waals surface area contributed by atoms with Crippen LogP contribution in [-0.2, 0) is 9.59 Å². The average Bonchev–Trinajstić information content (AvgIpc) is 2.25. The fourth-order valence-electron chi connectivity index (χ4n) is 1.91. The highest BCUT2D eigenvalue weighted by molar-refractivity contribution is 6.30. The summed E-state index contributed by atoms with van der Waals surface area (Å²) in [6.45, 7) is 4.94. The molecule has 18 heavy (non-hydrogen) atoms. The van der Waals surface area contributed by atoms with E-state index in [1.165, 1.54) is 11.8 Å². The highest BCUT2D eigenvalue weighted by atomic mass is 35.5. The van der Waals surface area contributed by atoms with Gasteiger partial charge >= 0.3 is 5.97 Å². The number of carboxylic acids is 1. The third-order valence-corrected chi connectivity index (χ3v) is 2.87. The average molecular weight is 270 g/mol. The summed E-state index contributed by atoms with van der Waals surface area (Å²) in [5.74, 6) is -1.33. The van der Waals surface area contributed by atoms with E-state index in [4.69, 9.17) is 11.6 Å². The Labute approximate surface area is 111 Å². The van der Waals surface area contributed by atoms with E-state index in [0.29, 0.717) is 10.6 Å². The minimum atomic E-state index is -1.05. The van der Waals surface area contributed by atoms with Crippen LogP contribution in [0.4, 0.5) is 0 Å². The number of carbonyl (C=O) groups excluding carboxylic acids is 1. The largest absolute Gasteiger partial charge is 0.479 e. The molecule has 98 valence electrons. The minimum Gasteiger partial charge on any atom is -0.479 e. The van der Waals surface area contributed by atoms with E-state index in [1.54, 1.807) is 38.1 Å². The van der Waals surface area contributed by atoms with Crippen LogP contribution in [0.5, 0.6) is 0 Å². The summed E-state index contributed by atoms with van der Waals surface area (Å²) in [5.41, 5.74) is 0.538. The Morgan fingerprint density at radius 3 is 2.06 bits per heavy atom. The standard InChI is InChI=1S/C13H16ClNO3/c1-8(2)15(9(3)16)12(13(17)18)10-4-6-11(14)7-5-10/h4-8,12H,1-3H3,(H,17,18). The molecule has 1 aromatic rings. The fourth-order valence-corrected chi connectivity index (χ4v) is 2.04. The summed E-state index contributed by atoms with van der Waals surface area (Å²) >= 11 is 5.77. The van der Waals surface area contributed by atoms with Crippen LogP contribution in [0.1, 0.15) is 32.4 Å². The van der Waals surface area contributed by atoms with Crippen molar-refractivity contribution in [2.75, 3.05) is 0 Å². The fraction of sp³-hybridized carbons (Fsp3) is 0.385. The third-order valence-electron chi connectivity index (χ3n) is 2.62. The lowest BCUT2D eigenvalue weighted by molar-refractivity contribution is -0.151. The summed E-state index contributed by atoms with van der Waals surface area (Å²) in [6, 6.07) is 5.30. The first-order valence-electron chi connectivity index (χ1n) is 5.61. The van der Waals surface area contributed by atoms with Gasteiger partial charge in [0.1, 0.15) is 0 Å². The third kappa shape index (κ3) is 3.23. The van der Waals surface area contributed by atoms with Gasteiger partial charge in [0, 0.05) is 18.0 Å². The van der Waals surface area contributed by atoms with Gasteiger partial charge in [0.15, 0.2) is 6.04 Å². The first-order chi connectivity index (χ1) is 8.34. The van der Waals surface area contributed by atoms with Crippen molar-refractivity contribution in [2.24, 2.45) is 0 Å². The van der Waals surface area contributed by atoms with Gasteiger partial charge in [-0.3, -0.25) is 4.79 Å². The summed E-state index contributed by atoms with van der Waals surface area (Å²) in [4.78, 5) is 24.4. The Morgan fingerprint density at radius 1 is 1.22 bits per heavy atom. The first-order valence-corrected chi connectivity index (χ1v) is 5.99. The van der Waals surface area contributed by atoms with Gasteiger partial charge in [0.05, 0.1) is 0 Å². The monoisotopic (exact) mass is 269 g/mol. The maximum absolute atomic E-state index is 11.6. The van der Waals surface area contributed by atoms with Crippen molar-refractivity contribution in [2.45, 2.75) is 32.9 Å². The molecule has 0 saturated carbocycles. The molecule has 0 bridgehead atoms. The van der Waals surface area contributed by atoms with Crippen LogP contribution < -0.4 is 0 Å². The van der Waals surface area contributed by atoms with Gasteiger partial charge in [-0.2, -0.15) is 0 Å². The zero-order valence-corrected chi connectivity index (χ0v) is 11.3. The number of aliphatic carboxylic acids is 1. The molecule has 0 radical (unpaired) electrons. The Hall–Kier alpha value is -1.55. The Bertz CT molecular complexity index is 442. The van der Waals surface area contributed by atoms with Crippen molar-refractivity contribution < 1.29 is 14.7 Å². The van der Waals surface area contributed by atoms with Gasteiger partial charge < -0.3 is 10.0 Å². The van der Waals surface area contributed by atoms with Crippen molar-refractivity contribution in [3.63, 3.8) is 0 Å². The summed E-state index contributed by atoms with van der Waals surface area (Å²) < 4.78 is 0. The minimum absolute atomic E-state index is 0.195. The van der Waals surface area contributed by atoms with E-state index >= 15 is 0 Å². The number of hydrogen-bond donors (Lipinski definition) is 1. The number of benzene rings is 1. The van der Waals surface area contributed by atoms with Crippen LogP contribution in [0, 0.1) is 0 Å². The van der Waals surface area contributed by atoms with Crippen molar-refractivity contribution >= 4 is 23.5 Å². The quantitative estimate of drug-likeness (QED) is 0.914. The molecule has 1 atom stereocenters. The van der Waals surface area contributed by atoms with Gasteiger partial charge in [0.25, 0.3) is 0 Å². The van der Waals surface area contributed by atoms with Crippen molar-refractivity contribution in [3.05, 3.63) is 34.9 Å². The van der Waals surface area contributed by atoms with E-state index in [2.05, 4.69) is 0 Å². The van der Waals surface area contributed by atoms with Crippen LogP contribution in [0.25, 0.3) is 0 Å². The first kappa shape index (κ1) is 14.5. The topological polar surface area (TPSA) is 57.6 Å². The molecule has 0 aromatic heterocycles.